The molecule has 2 unspecified atom stereocenters. The normalized spacial score (nSPS) is 18.8. The summed E-state index contributed by atoms with van der Waals surface area (Å²) in [4.78, 5) is 11.8. The standard InChI is InChI=1S/C17H26N2O2/c1-4-12(2)13-5-9-15(10-6-13)21-11-17(19-3,16(18)20)14-7-8-14/h5-6,9-10,12,14,19H,4,7-8,11H2,1-3H3,(H2,18,20). The lowest BCUT2D eigenvalue weighted by Crippen LogP contribution is -2.59. The molecule has 1 aromatic carbocycles. The van der Waals surface area contributed by atoms with Crippen LogP contribution in [0.3, 0.4) is 0 Å². The van der Waals surface area contributed by atoms with E-state index in [4.69, 9.17) is 10.5 Å². The Kier molecular flexibility index (Phi) is 4.88. The van der Waals surface area contributed by atoms with E-state index in [1.54, 1.807) is 7.05 Å². The van der Waals surface area contributed by atoms with Crippen molar-refractivity contribution in [1.29, 1.82) is 0 Å². The molecule has 1 saturated carbocycles. The first kappa shape index (κ1) is 15.8. The van der Waals surface area contributed by atoms with Crippen LogP contribution in [0.4, 0.5) is 0 Å². The Hall–Kier alpha value is -1.55. The number of nitrogens with one attached hydrogen (secondary N) is 1. The number of hydrogen-bond donors (Lipinski definition) is 2. The minimum absolute atomic E-state index is 0.284. The van der Waals surface area contributed by atoms with Gasteiger partial charge in [-0.05, 0) is 55.8 Å². The highest BCUT2D eigenvalue weighted by molar-refractivity contribution is 5.85. The molecule has 4 heteroatoms. The maximum Gasteiger partial charge on any atom is 0.241 e. The third kappa shape index (κ3) is 3.38. The lowest BCUT2D eigenvalue weighted by Gasteiger charge is -2.30. The summed E-state index contributed by atoms with van der Waals surface area (Å²) in [6, 6.07) is 8.11. The number of primary amides is 1. The van der Waals surface area contributed by atoms with Crippen LogP contribution in [0.15, 0.2) is 24.3 Å². The predicted octanol–water partition coefficient (Wildman–Crippen LogP) is 2.43. The first-order chi connectivity index (χ1) is 10.0. The highest BCUT2D eigenvalue weighted by Gasteiger charge is 2.49. The number of nitrogens with two attached hydrogens (primary N) is 1. The average Bonchev–Trinajstić information content (AvgIpc) is 3.33. The van der Waals surface area contributed by atoms with Crippen molar-refractivity contribution < 1.29 is 9.53 Å². The maximum absolute atomic E-state index is 11.8. The number of ether oxygens (including phenoxy) is 1. The van der Waals surface area contributed by atoms with Gasteiger partial charge < -0.3 is 15.8 Å². The van der Waals surface area contributed by atoms with Crippen LogP contribution in [0, 0.1) is 5.92 Å². The van der Waals surface area contributed by atoms with E-state index in [-0.39, 0.29) is 12.5 Å². The molecule has 0 heterocycles. The van der Waals surface area contributed by atoms with Crippen molar-refractivity contribution in [2.45, 2.75) is 44.6 Å². The molecule has 2 atom stereocenters. The minimum atomic E-state index is -0.741. The van der Waals surface area contributed by atoms with Gasteiger partial charge >= 0.3 is 0 Å². The quantitative estimate of drug-likeness (QED) is 0.773. The van der Waals surface area contributed by atoms with E-state index in [9.17, 15) is 4.79 Å². The van der Waals surface area contributed by atoms with E-state index in [2.05, 4.69) is 31.3 Å². The SMILES string of the molecule is CCC(C)c1ccc(OCC(NC)(C(N)=O)C2CC2)cc1. The van der Waals surface area contributed by atoms with Crippen LogP contribution < -0.4 is 15.8 Å². The number of rotatable bonds is 8. The Morgan fingerprint density at radius 3 is 2.48 bits per heavy atom. The summed E-state index contributed by atoms with van der Waals surface area (Å²) in [6.45, 7) is 4.67. The predicted molar refractivity (Wildman–Crippen MR) is 84.4 cm³/mol. The summed E-state index contributed by atoms with van der Waals surface area (Å²) >= 11 is 0. The summed E-state index contributed by atoms with van der Waals surface area (Å²) in [5.74, 6) is 1.29. The molecule has 3 N–H and O–H groups in total. The second kappa shape index (κ2) is 6.48. The third-order valence-electron chi connectivity index (χ3n) is 4.69. The van der Waals surface area contributed by atoms with Crippen molar-refractivity contribution in [2.75, 3.05) is 13.7 Å². The van der Waals surface area contributed by atoms with Gasteiger partial charge in [-0.25, -0.2) is 0 Å². The van der Waals surface area contributed by atoms with Crippen LogP contribution in [-0.2, 0) is 4.79 Å². The van der Waals surface area contributed by atoms with Gasteiger partial charge in [0, 0.05) is 0 Å². The molecule has 1 aliphatic carbocycles. The topological polar surface area (TPSA) is 64.3 Å². The van der Waals surface area contributed by atoms with E-state index in [0.29, 0.717) is 11.8 Å². The summed E-state index contributed by atoms with van der Waals surface area (Å²) in [5, 5.41) is 3.09. The number of carbonyl (C=O) groups is 1. The van der Waals surface area contributed by atoms with Gasteiger partial charge in [0.05, 0.1) is 0 Å². The van der Waals surface area contributed by atoms with Crippen molar-refractivity contribution in [2.24, 2.45) is 11.7 Å². The van der Waals surface area contributed by atoms with E-state index in [1.807, 2.05) is 12.1 Å². The molecule has 1 aromatic rings. The highest BCUT2D eigenvalue weighted by Crippen LogP contribution is 2.39. The van der Waals surface area contributed by atoms with Crippen LogP contribution in [0.5, 0.6) is 5.75 Å². The molecule has 0 spiro atoms. The Morgan fingerprint density at radius 1 is 1.43 bits per heavy atom. The van der Waals surface area contributed by atoms with Crippen LogP contribution in [0.2, 0.25) is 0 Å². The smallest absolute Gasteiger partial charge is 0.241 e. The molecule has 1 aliphatic rings. The van der Waals surface area contributed by atoms with Gasteiger partial charge in [0.25, 0.3) is 0 Å². The molecule has 1 amide bonds. The lowest BCUT2D eigenvalue weighted by atomic mass is 9.93. The van der Waals surface area contributed by atoms with Crippen molar-refractivity contribution in [3.63, 3.8) is 0 Å². The fourth-order valence-electron chi connectivity index (χ4n) is 2.69. The van der Waals surface area contributed by atoms with Crippen molar-refractivity contribution in [3.05, 3.63) is 29.8 Å². The summed E-state index contributed by atoms with van der Waals surface area (Å²) in [5.41, 5.74) is 6.15. The van der Waals surface area contributed by atoms with Crippen LogP contribution in [0.25, 0.3) is 0 Å². The summed E-state index contributed by atoms with van der Waals surface area (Å²) in [7, 11) is 1.78. The minimum Gasteiger partial charge on any atom is -0.491 e. The zero-order valence-corrected chi connectivity index (χ0v) is 13.2. The Labute approximate surface area is 127 Å². The zero-order chi connectivity index (χ0) is 15.5. The lowest BCUT2D eigenvalue weighted by molar-refractivity contribution is -0.126. The Morgan fingerprint density at radius 2 is 2.05 bits per heavy atom. The van der Waals surface area contributed by atoms with E-state index < -0.39 is 5.54 Å². The largest absolute Gasteiger partial charge is 0.491 e. The second-order valence-corrected chi connectivity index (χ2v) is 6.03. The van der Waals surface area contributed by atoms with Crippen LogP contribution in [0.1, 0.15) is 44.6 Å². The zero-order valence-electron chi connectivity index (χ0n) is 13.2. The molecule has 0 saturated heterocycles. The molecular weight excluding hydrogens is 264 g/mol. The van der Waals surface area contributed by atoms with Crippen molar-refractivity contribution in [1.82, 2.24) is 5.32 Å². The highest BCUT2D eigenvalue weighted by atomic mass is 16.5. The molecule has 2 rings (SSSR count). The summed E-state index contributed by atoms with van der Waals surface area (Å²) in [6.07, 6.45) is 3.17. The van der Waals surface area contributed by atoms with Crippen LogP contribution >= 0.6 is 0 Å². The number of amides is 1. The monoisotopic (exact) mass is 290 g/mol. The Balaban J connectivity index is 2.02. The van der Waals surface area contributed by atoms with Gasteiger partial charge in [0.15, 0.2) is 0 Å². The van der Waals surface area contributed by atoms with Crippen molar-refractivity contribution >= 4 is 5.91 Å². The molecule has 0 radical (unpaired) electrons. The third-order valence-corrected chi connectivity index (χ3v) is 4.69. The molecular formula is C17H26N2O2. The van der Waals surface area contributed by atoms with Gasteiger partial charge in [0.1, 0.15) is 17.9 Å². The molecule has 0 aliphatic heterocycles. The van der Waals surface area contributed by atoms with Gasteiger partial charge in [-0.15, -0.1) is 0 Å². The molecule has 21 heavy (non-hydrogen) atoms. The fraction of sp³-hybridized carbons (Fsp3) is 0.588. The van der Waals surface area contributed by atoms with Crippen molar-refractivity contribution in [3.8, 4) is 5.75 Å². The summed E-state index contributed by atoms with van der Waals surface area (Å²) < 4.78 is 5.83. The molecule has 0 bridgehead atoms. The number of carbonyl (C=O) groups excluding carboxylic acids is 1. The fourth-order valence-corrected chi connectivity index (χ4v) is 2.69. The number of likely N-dealkylation sites (N-methyl/N-ethyl adjacent to an activating group) is 1. The molecule has 1 fully saturated rings. The van der Waals surface area contributed by atoms with E-state index >= 15 is 0 Å². The first-order valence-electron chi connectivity index (χ1n) is 7.75. The Bertz CT molecular complexity index is 482. The van der Waals surface area contributed by atoms with E-state index in [0.717, 1.165) is 25.0 Å². The number of hydrogen-bond acceptors (Lipinski definition) is 3. The van der Waals surface area contributed by atoms with Gasteiger partial charge in [-0.2, -0.15) is 0 Å². The van der Waals surface area contributed by atoms with Gasteiger partial charge in [0.2, 0.25) is 5.91 Å². The number of benzene rings is 1. The van der Waals surface area contributed by atoms with Crippen LogP contribution in [-0.4, -0.2) is 25.1 Å². The van der Waals surface area contributed by atoms with Gasteiger partial charge in [-0.1, -0.05) is 26.0 Å². The van der Waals surface area contributed by atoms with Gasteiger partial charge in [-0.3, -0.25) is 4.79 Å². The average molecular weight is 290 g/mol. The van der Waals surface area contributed by atoms with E-state index in [1.165, 1.54) is 5.56 Å². The first-order valence-corrected chi connectivity index (χ1v) is 7.75. The second-order valence-electron chi connectivity index (χ2n) is 6.03. The molecule has 4 nitrogen and oxygen atoms in total. The molecule has 0 aromatic heterocycles. The maximum atomic E-state index is 11.8. The molecule has 116 valence electrons.